The van der Waals surface area contributed by atoms with Gasteiger partial charge in [-0.1, -0.05) is 13.8 Å². The van der Waals surface area contributed by atoms with Gasteiger partial charge in [-0.05, 0) is 37.6 Å². The molecule has 72 valence electrons. The number of rotatable bonds is 5. The molecule has 2 nitrogen and oxygen atoms in total. The molecule has 0 unspecified atom stereocenters. The van der Waals surface area contributed by atoms with Crippen LogP contribution in [-0.4, -0.2) is 19.3 Å². The van der Waals surface area contributed by atoms with Crippen molar-refractivity contribution in [2.75, 3.05) is 13.2 Å². The van der Waals surface area contributed by atoms with Crippen LogP contribution in [0.1, 0.15) is 39.5 Å². The maximum Gasteiger partial charge on any atom is 0.0575 e. The third kappa shape index (κ3) is 3.11. The van der Waals surface area contributed by atoms with Crippen LogP contribution in [0.3, 0.4) is 0 Å². The molecule has 1 rings (SSSR count). The van der Waals surface area contributed by atoms with Gasteiger partial charge in [0.15, 0.2) is 0 Å². The largest absolute Gasteiger partial charge is 0.378 e. The summed E-state index contributed by atoms with van der Waals surface area (Å²) >= 11 is 0. The summed E-state index contributed by atoms with van der Waals surface area (Å²) in [5.74, 6) is 0. The summed E-state index contributed by atoms with van der Waals surface area (Å²) in [7, 11) is 0. The summed E-state index contributed by atoms with van der Waals surface area (Å²) in [4.78, 5) is 0. The van der Waals surface area contributed by atoms with Gasteiger partial charge in [-0.15, -0.1) is 0 Å². The molecule has 0 radical (unpaired) electrons. The van der Waals surface area contributed by atoms with Crippen LogP contribution < -0.4 is 5.73 Å². The SMILES string of the molecule is CC(C)(CN)CCOC1CCC1. The average Bonchev–Trinajstić information content (AvgIpc) is 1.95. The van der Waals surface area contributed by atoms with Crippen molar-refractivity contribution < 1.29 is 4.74 Å². The first-order valence-corrected chi connectivity index (χ1v) is 4.96. The zero-order chi connectivity index (χ0) is 9.03. The van der Waals surface area contributed by atoms with Crippen molar-refractivity contribution in [1.82, 2.24) is 0 Å². The van der Waals surface area contributed by atoms with Gasteiger partial charge in [0, 0.05) is 6.61 Å². The van der Waals surface area contributed by atoms with Gasteiger partial charge in [0.05, 0.1) is 6.10 Å². The van der Waals surface area contributed by atoms with Crippen LogP contribution in [0.4, 0.5) is 0 Å². The third-order valence-corrected chi connectivity index (χ3v) is 2.74. The molecule has 12 heavy (non-hydrogen) atoms. The van der Waals surface area contributed by atoms with Crippen LogP contribution >= 0.6 is 0 Å². The van der Waals surface area contributed by atoms with E-state index in [1.54, 1.807) is 0 Å². The number of nitrogens with two attached hydrogens (primary N) is 1. The van der Waals surface area contributed by atoms with E-state index < -0.39 is 0 Å². The minimum absolute atomic E-state index is 0.254. The van der Waals surface area contributed by atoms with E-state index in [4.69, 9.17) is 10.5 Å². The average molecular weight is 171 g/mol. The summed E-state index contributed by atoms with van der Waals surface area (Å²) in [5, 5.41) is 0. The van der Waals surface area contributed by atoms with Gasteiger partial charge < -0.3 is 10.5 Å². The van der Waals surface area contributed by atoms with Crippen molar-refractivity contribution in [1.29, 1.82) is 0 Å². The molecular weight excluding hydrogens is 150 g/mol. The quantitative estimate of drug-likeness (QED) is 0.686. The second kappa shape index (κ2) is 4.24. The molecule has 1 fully saturated rings. The van der Waals surface area contributed by atoms with Gasteiger partial charge in [-0.2, -0.15) is 0 Å². The van der Waals surface area contributed by atoms with Crippen LogP contribution in [0, 0.1) is 5.41 Å². The molecule has 1 aliphatic rings. The monoisotopic (exact) mass is 171 g/mol. The predicted molar refractivity (Wildman–Crippen MR) is 51.0 cm³/mol. The summed E-state index contributed by atoms with van der Waals surface area (Å²) in [6.07, 6.45) is 5.54. The van der Waals surface area contributed by atoms with Gasteiger partial charge in [-0.25, -0.2) is 0 Å². The maximum atomic E-state index is 5.66. The lowest BCUT2D eigenvalue weighted by Gasteiger charge is -2.28. The van der Waals surface area contributed by atoms with E-state index in [9.17, 15) is 0 Å². The number of hydrogen-bond donors (Lipinski definition) is 1. The Morgan fingerprint density at radius 1 is 1.42 bits per heavy atom. The molecule has 0 amide bonds. The molecule has 0 aliphatic heterocycles. The molecule has 2 N–H and O–H groups in total. The summed E-state index contributed by atoms with van der Waals surface area (Å²) < 4.78 is 5.66. The van der Waals surface area contributed by atoms with Gasteiger partial charge >= 0.3 is 0 Å². The Labute approximate surface area is 75.5 Å². The summed E-state index contributed by atoms with van der Waals surface area (Å²) in [6, 6.07) is 0. The lowest BCUT2D eigenvalue weighted by atomic mass is 9.90. The first-order chi connectivity index (χ1) is 5.64. The van der Waals surface area contributed by atoms with Crippen molar-refractivity contribution in [2.24, 2.45) is 11.1 Å². The highest BCUT2D eigenvalue weighted by molar-refractivity contribution is 4.72. The molecule has 0 spiro atoms. The zero-order valence-electron chi connectivity index (χ0n) is 8.31. The molecule has 1 saturated carbocycles. The summed E-state index contributed by atoms with van der Waals surface area (Å²) in [6.45, 7) is 6.02. The van der Waals surface area contributed by atoms with Crippen LogP contribution in [0.25, 0.3) is 0 Å². The fourth-order valence-electron chi connectivity index (χ4n) is 1.14. The Hall–Kier alpha value is -0.0800. The first-order valence-electron chi connectivity index (χ1n) is 4.96. The minimum atomic E-state index is 0.254. The lowest BCUT2D eigenvalue weighted by Crippen LogP contribution is -2.28. The molecule has 0 saturated heterocycles. The van der Waals surface area contributed by atoms with Crippen LogP contribution in [0.5, 0.6) is 0 Å². The molecule has 0 atom stereocenters. The molecule has 0 aromatic carbocycles. The molecule has 1 aliphatic carbocycles. The van der Waals surface area contributed by atoms with E-state index in [0.717, 1.165) is 19.6 Å². The van der Waals surface area contributed by atoms with E-state index in [1.165, 1.54) is 19.3 Å². The molecule has 0 aromatic rings. The molecule has 0 aromatic heterocycles. The van der Waals surface area contributed by atoms with E-state index in [0.29, 0.717) is 6.10 Å². The number of ether oxygens (including phenoxy) is 1. The Balaban J connectivity index is 2.00. The Kier molecular flexibility index (Phi) is 3.53. The summed E-state index contributed by atoms with van der Waals surface area (Å²) in [5.41, 5.74) is 5.87. The van der Waals surface area contributed by atoms with E-state index in [1.807, 2.05) is 0 Å². The van der Waals surface area contributed by atoms with Crippen LogP contribution in [0.15, 0.2) is 0 Å². The predicted octanol–water partition coefficient (Wildman–Crippen LogP) is 1.93. The highest BCUT2D eigenvalue weighted by Crippen LogP contribution is 2.24. The molecule has 2 heteroatoms. The second-order valence-corrected chi connectivity index (χ2v) is 4.54. The molecule has 0 heterocycles. The Bertz CT molecular complexity index is 130. The number of hydrogen-bond acceptors (Lipinski definition) is 2. The van der Waals surface area contributed by atoms with Gasteiger partial charge in [0.2, 0.25) is 0 Å². The van der Waals surface area contributed by atoms with Gasteiger partial charge in [0.1, 0.15) is 0 Å². The zero-order valence-corrected chi connectivity index (χ0v) is 8.31. The Morgan fingerprint density at radius 3 is 2.50 bits per heavy atom. The normalized spacial score (nSPS) is 19.2. The van der Waals surface area contributed by atoms with Crippen LogP contribution in [0.2, 0.25) is 0 Å². The Morgan fingerprint density at radius 2 is 2.08 bits per heavy atom. The maximum absolute atomic E-state index is 5.66. The fraction of sp³-hybridized carbons (Fsp3) is 1.00. The van der Waals surface area contributed by atoms with Crippen molar-refractivity contribution in [2.45, 2.75) is 45.6 Å². The fourth-order valence-corrected chi connectivity index (χ4v) is 1.14. The highest BCUT2D eigenvalue weighted by Gasteiger charge is 2.20. The van der Waals surface area contributed by atoms with Gasteiger partial charge in [0.25, 0.3) is 0 Å². The van der Waals surface area contributed by atoms with Crippen LogP contribution in [-0.2, 0) is 4.74 Å². The second-order valence-electron chi connectivity index (χ2n) is 4.54. The van der Waals surface area contributed by atoms with Crippen molar-refractivity contribution in [3.05, 3.63) is 0 Å². The van der Waals surface area contributed by atoms with E-state index in [2.05, 4.69) is 13.8 Å². The van der Waals surface area contributed by atoms with E-state index >= 15 is 0 Å². The van der Waals surface area contributed by atoms with Crippen molar-refractivity contribution in [3.8, 4) is 0 Å². The standard InChI is InChI=1S/C10H21NO/c1-10(2,8-11)6-7-12-9-4-3-5-9/h9H,3-8,11H2,1-2H3. The topological polar surface area (TPSA) is 35.2 Å². The molecular formula is C10H21NO. The van der Waals surface area contributed by atoms with Crippen molar-refractivity contribution >= 4 is 0 Å². The third-order valence-electron chi connectivity index (χ3n) is 2.74. The van der Waals surface area contributed by atoms with E-state index in [-0.39, 0.29) is 5.41 Å². The highest BCUT2D eigenvalue weighted by atomic mass is 16.5. The van der Waals surface area contributed by atoms with Gasteiger partial charge in [-0.3, -0.25) is 0 Å². The molecule has 0 bridgehead atoms. The smallest absolute Gasteiger partial charge is 0.0575 e. The van der Waals surface area contributed by atoms with Crippen molar-refractivity contribution in [3.63, 3.8) is 0 Å². The minimum Gasteiger partial charge on any atom is -0.378 e. The lowest BCUT2D eigenvalue weighted by molar-refractivity contribution is -0.00885. The first kappa shape index (κ1) is 10.0.